The zero-order valence-electron chi connectivity index (χ0n) is 12.7. The van der Waals surface area contributed by atoms with Crippen LogP contribution in [0.5, 0.6) is 0 Å². The highest BCUT2D eigenvalue weighted by atomic mass is 35.5. The molecular weight excluding hydrogens is 333 g/mol. The summed E-state index contributed by atoms with van der Waals surface area (Å²) in [7, 11) is 0. The molecule has 0 radical (unpaired) electrons. The van der Waals surface area contributed by atoms with Crippen molar-refractivity contribution in [3.05, 3.63) is 69.2 Å². The monoisotopic (exact) mass is 349 g/mol. The number of aryl methyl sites for hydroxylation is 1. The van der Waals surface area contributed by atoms with Crippen molar-refractivity contribution in [2.75, 3.05) is 0 Å². The molecule has 0 aliphatic heterocycles. The SMILES string of the molecule is Cc1ccc(C(=O)CCC(=O)NCc2ccc(Cl)cc2Cl)cc1. The largest absolute Gasteiger partial charge is 0.352 e. The first-order valence-electron chi connectivity index (χ1n) is 7.26. The molecule has 2 rings (SSSR count). The van der Waals surface area contributed by atoms with Crippen molar-refractivity contribution in [2.24, 2.45) is 0 Å². The van der Waals surface area contributed by atoms with E-state index in [9.17, 15) is 9.59 Å². The quantitative estimate of drug-likeness (QED) is 0.775. The first-order chi connectivity index (χ1) is 11.0. The van der Waals surface area contributed by atoms with Gasteiger partial charge in [0.15, 0.2) is 5.78 Å². The molecule has 0 bridgehead atoms. The minimum atomic E-state index is -0.184. The molecule has 0 aliphatic carbocycles. The van der Waals surface area contributed by atoms with E-state index in [4.69, 9.17) is 23.2 Å². The number of nitrogens with one attached hydrogen (secondary N) is 1. The van der Waals surface area contributed by atoms with Crippen LogP contribution in [0.15, 0.2) is 42.5 Å². The van der Waals surface area contributed by atoms with E-state index in [1.54, 1.807) is 30.3 Å². The topological polar surface area (TPSA) is 46.2 Å². The lowest BCUT2D eigenvalue weighted by atomic mass is 10.0. The third-order valence-corrected chi connectivity index (χ3v) is 4.03. The molecule has 0 fully saturated rings. The Balaban J connectivity index is 1.81. The molecule has 2 aromatic rings. The summed E-state index contributed by atoms with van der Waals surface area (Å²) in [4.78, 5) is 23.9. The average Bonchev–Trinajstić information content (AvgIpc) is 2.52. The standard InChI is InChI=1S/C18H17Cl2NO2/c1-12-2-4-13(5-3-12)17(22)8-9-18(23)21-11-14-6-7-15(19)10-16(14)20/h2-7,10H,8-9,11H2,1H3,(H,21,23). The van der Waals surface area contributed by atoms with Crippen LogP contribution in [0, 0.1) is 6.92 Å². The number of carbonyl (C=O) groups excluding carboxylic acids is 2. The molecule has 23 heavy (non-hydrogen) atoms. The second kappa shape index (κ2) is 8.14. The molecule has 1 N–H and O–H groups in total. The molecule has 1 amide bonds. The van der Waals surface area contributed by atoms with Gasteiger partial charge in [0.1, 0.15) is 0 Å². The number of ketones is 1. The Kier molecular flexibility index (Phi) is 6.20. The molecule has 0 atom stereocenters. The normalized spacial score (nSPS) is 10.4. The first-order valence-corrected chi connectivity index (χ1v) is 8.02. The van der Waals surface area contributed by atoms with Gasteiger partial charge in [-0.15, -0.1) is 0 Å². The van der Waals surface area contributed by atoms with Crippen LogP contribution in [-0.2, 0) is 11.3 Å². The maximum Gasteiger partial charge on any atom is 0.220 e. The Morgan fingerprint density at radius 3 is 2.35 bits per heavy atom. The number of halogens is 2. The molecular formula is C18H17Cl2NO2. The summed E-state index contributed by atoms with van der Waals surface area (Å²) in [5, 5.41) is 3.81. The van der Waals surface area contributed by atoms with E-state index in [0.29, 0.717) is 22.2 Å². The van der Waals surface area contributed by atoms with Gasteiger partial charge in [-0.3, -0.25) is 9.59 Å². The molecule has 120 valence electrons. The number of rotatable bonds is 6. The highest BCUT2D eigenvalue weighted by molar-refractivity contribution is 6.35. The molecule has 2 aromatic carbocycles. The van der Waals surface area contributed by atoms with Gasteiger partial charge in [0, 0.05) is 35.0 Å². The Morgan fingerprint density at radius 1 is 1.00 bits per heavy atom. The van der Waals surface area contributed by atoms with Gasteiger partial charge in [0.25, 0.3) is 0 Å². The molecule has 3 nitrogen and oxygen atoms in total. The Bertz CT molecular complexity index is 711. The Labute approximate surface area is 145 Å². The fourth-order valence-electron chi connectivity index (χ4n) is 2.06. The van der Waals surface area contributed by atoms with Crippen LogP contribution in [0.25, 0.3) is 0 Å². The van der Waals surface area contributed by atoms with Crippen LogP contribution in [0.3, 0.4) is 0 Å². The van der Waals surface area contributed by atoms with Gasteiger partial charge in [-0.1, -0.05) is 59.1 Å². The molecule has 0 spiro atoms. The minimum absolute atomic E-state index is 0.0373. The fourth-order valence-corrected chi connectivity index (χ4v) is 2.53. The molecule has 0 saturated heterocycles. The van der Waals surface area contributed by atoms with Gasteiger partial charge in [0.2, 0.25) is 5.91 Å². The summed E-state index contributed by atoms with van der Waals surface area (Å²) in [6.45, 7) is 2.27. The van der Waals surface area contributed by atoms with Crippen LogP contribution < -0.4 is 5.32 Å². The zero-order valence-corrected chi connectivity index (χ0v) is 14.2. The maximum absolute atomic E-state index is 12.0. The van der Waals surface area contributed by atoms with Gasteiger partial charge in [-0.05, 0) is 24.6 Å². The number of amides is 1. The van der Waals surface area contributed by atoms with Crippen LogP contribution in [0.4, 0.5) is 0 Å². The van der Waals surface area contributed by atoms with Gasteiger partial charge in [-0.2, -0.15) is 0 Å². The molecule has 0 saturated carbocycles. The van der Waals surface area contributed by atoms with Crippen LogP contribution in [0.1, 0.15) is 34.3 Å². The summed E-state index contributed by atoms with van der Waals surface area (Å²) in [6, 6.07) is 12.4. The smallest absolute Gasteiger partial charge is 0.220 e. The van der Waals surface area contributed by atoms with E-state index in [-0.39, 0.29) is 24.5 Å². The summed E-state index contributed by atoms with van der Waals surface area (Å²) in [5.41, 5.74) is 2.51. The van der Waals surface area contributed by atoms with Crippen LogP contribution in [-0.4, -0.2) is 11.7 Å². The predicted molar refractivity (Wildman–Crippen MR) is 93.1 cm³/mol. The second-order valence-electron chi connectivity index (χ2n) is 5.30. The summed E-state index contributed by atoms with van der Waals surface area (Å²) < 4.78 is 0. The summed E-state index contributed by atoms with van der Waals surface area (Å²) in [5.74, 6) is -0.221. The lowest BCUT2D eigenvalue weighted by Gasteiger charge is -2.07. The first kappa shape index (κ1) is 17.5. The predicted octanol–water partition coefficient (Wildman–Crippen LogP) is 4.58. The average molecular weight is 350 g/mol. The number of carbonyl (C=O) groups is 2. The van der Waals surface area contributed by atoms with Crippen molar-refractivity contribution in [3.8, 4) is 0 Å². The molecule has 0 unspecified atom stereocenters. The fraction of sp³-hybridized carbons (Fsp3) is 0.222. The van der Waals surface area contributed by atoms with Gasteiger partial charge in [-0.25, -0.2) is 0 Å². The van der Waals surface area contributed by atoms with Gasteiger partial charge in [0.05, 0.1) is 0 Å². The summed E-state index contributed by atoms with van der Waals surface area (Å²) in [6.07, 6.45) is 0.334. The molecule has 5 heteroatoms. The van der Waals surface area contributed by atoms with E-state index in [1.165, 1.54) is 0 Å². The number of benzene rings is 2. The lowest BCUT2D eigenvalue weighted by Crippen LogP contribution is -2.23. The highest BCUT2D eigenvalue weighted by Crippen LogP contribution is 2.20. The summed E-state index contributed by atoms with van der Waals surface area (Å²) >= 11 is 11.9. The van der Waals surface area contributed by atoms with Crippen LogP contribution >= 0.6 is 23.2 Å². The highest BCUT2D eigenvalue weighted by Gasteiger charge is 2.10. The molecule has 0 heterocycles. The van der Waals surface area contributed by atoms with Gasteiger partial charge >= 0.3 is 0 Å². The zero-order chi connectivity index (χ0) is 16.8. The van der Waals surface area contributed by atoms with Crippen molar-refractivity contribution in [1.29, 1.82) is 0 Å². The van der Waals surface area contributed by atoms with E-state index < -0.39 is 0 Å². The van der Waals surface area contributed by atoms with Crippen molar-refractivity contribution in [2.45, 2.75) is 26.3 Å². The van der Waals surface area contributed by atoms with Crippen molar-refractivity contribution in [3.63, 3.8) is 0 Å². The molecule has 0 aliphatic rings. The molecule has 0 aromatic heterocycles. The Morgan fingerprint density at radius 2 is 1.70 bits per heavy atom. The van der Waals surface area contributed by atoms with Crippen molar-refractivity contribution in [1.82, 2.24) is 5.32 Å². The van der Waals surface area contributed by atoms with Crippen LogP contribution in [0.2, 0.25) is 10.0 Å². The van der Waals surface area contributed by atoms with E-state index in [2.05, 4.69) is 5.32 Å². The third kappa shape index (κ3) is 5.38. The van der Waals surface area contributed by atoms with Crippen molar-refractivity contribution < 1.29 is 9.59 Å². The van der Waals surface area contributed by atoms with E-state index >= 15 is 0 Å². The van der Waals surface area contributed by atoms with Crippen molar-refractivity contribution >= 4 is 34.9 Å². The van der Waals surface area contributed by atoms with Gasteiger partial charge < -0.3 is 5.32 Å². The van der Waals surface area contributed by atoms with E-state index in [1.807, 2.05) is 19.1 Å². The number of hydrogen-bond acceptors (Lipinski definition) is 2. The number of Topliss-reactive ketones (excluding diaryl/α,β-unsaturated/α-hetero) is 1. The third-order valence-electron chi connectivity index (χ3n) is 3.44. The maximum atomic E-state index is 12.0. The van der Waals surface area contributed by atoms with E-state index in [0.717, 1.165) is 11.1 Å². The number of hydrogen-bond donors (Lipinski definition) is 1. The minimum Gasteiger partial charge on any atom is -0.352 e. The lowest BCUT2D eigenvalue weighted by molar-refractivity contribution is -0.121. The second-order valence-corrected chi connectivity index (χ2v) is 6.15. The Hall–Kier alpha value is -1.84.